The normalized spacial score (nSPS) is 11.8. The van der Waals surface area contributed by atoms with Gasteiger partial charge < -0.3 is 0 Å². The molecule has 4 nitrogen and oxygen atoms in total. The Hall–Kier alpha value is -2.92. The van der Waals surface area contributed by atoms with Crippen LogP contribution in [0.3, 0.4) is 0 Å². The molecule has 0 saturated heterocycles. The molecular weight excluding hydrogens is 344 g/mol. The highest BCUT2D eigenvalue weighted by molar-refractivity contribution is 7.92. The molecule has 5 heteroatoms. The van der Waals surface area contributed by atoms with Crippen LogP contribution in [-0.4, -0.2) is 13.4 Å². The zero-order valence-corrected chi connectivity index (χ0v) is 15.3. The van der Waals surface area contributed by atoms with E-state index in [4.69, 9.17) is 0 Å². The van der Waals surface area contributed by atoms with Gasteiger partial charge in [-0.15, -0.1) is 0 Å². The minimum atomic E-state index is -3.68. The summed E-state index contributed by atoms with van der Waals surface area (Å²) in [6.45, 7) is 3.86. The fourth-order valence-corrected chi connectivity index (χ4v) is 4.23. The van der Waals surface area contributed by atoms with E-state index >= 15 is 0 Å². The molecular formula is C21H18N2O2S. The standard InChI is InChI=1S/C21H18N2O2S/c1-14-7-9-17(13-15(14)2)26(24,25)23-20-11-12-22-21-18-6-4-3-5-16(18)8-10-19(20)21/h3-13H,1-2H3,(H,22,23). The minimum absolute atomic E-state index is 0.256. The third-order valence-electron chi connectivity index (χ3n) is 4.67. The lowest BCUT2D eigenvalue weighted by Gasteiger charge is -2.12. The summed E-state index contributed by atoms with van der Waals surface area (Å²) < 4.78 is 28.4. The maximum atomic E-state index is 12.8. The second-order valence-corrected chi connectivity index (χ2v) is 8.08. The molecule has 0 saturated carbocycles. The molecule has 1 aromatic heterocycles. The van der Waals surface area contributed by atoms with Gasteiger partial charge >= 0.3 is 0 Å². The van der Waals surface area contributed by atoms with Gasteiger partial charge in [0.25, 0.3) is 10.0 Å². The third-order valence-corrected chi connectivity index (χ3v) is 6.03. The molecule has 26 heavy (non-hydrogen) atoms. The number of benzene rings is 3. The summed E-state index contributed by atoms with van der Waals surface area (Å²) in [5.74, 6) is 0. The number of hydrogen-bond donors (Lipinski definition) is 1. The first-order valence-corrected chi connectivity index (χ1v) is 9.80. The summed E-state index contributed by atoms with van der Waals surface area (Å²) in [5.41, 5.74) is 3.31. The van der Waals surface area contributed by atoms with Gasteiger partial charge in [0.05, 0.1) is 16.1 Å². The molecule has 0 bridgehead atoms. The number of nitrogens with zero attached hydrogens (tertiary/aromatic N) is 1. The van der Waals surface area contributed by atoms with E-state index in [9.17, 15) is 8.42 Å². The average molecular weight is 362 g/mol. The van der Waals surface area contributed by atoms with E-state index in [1.54, 1.807) is 24.4 Å². The zero-order chi connectivity index (χ0) is 18.3. The molecule has 1 heterocycles. The first-order valence-electron chi connectivity index (χ1n) is 8.32. The summed E-state index contributed by atoms with van der Waals surface area (Å²) >= 11 is 0. The fourth-order valence-electron chi connectivity index (χ4n) is 3.06. The van der Waals surface area contributed by atoms with Gasteiger partial charge in [0.15, 0.2) is 0 Å². The number of fused-ring (bicyclic) bond motifs is 3. The Balaban J connectivity index is 1.84. The lowest BCUT2D eigenvalue weighted by Crippen LogP contribution is -2.13. The Kier molecular flexibility index (Phi) is 3.89. The summed E-state index contributed by atoms with van der Waals surface area (Å²) in [6.07, 6.45) is 1.63. The molecule has 0 unspecified atom stereocenters. The third kappa shape index (κ3) is 2.80. The topological polar surface area (TPSA) is 59.1 Å². The molecule has 4 rings (SSSR count). The molecule has 4 aromatic rings. The van der Waals surface area contributed by atoms with Crippen molar-refractivity contribution in [2.45, 2.75) is 18.7 Å². The number of aromatic nitrogens is 1. The van der Waals surface area contributed by atoms with Gasteiger partial charge in [-0.05, 0) is 48.6 Å². The monoisotopic (exact) mass is 362 g/mol. The zero-order valence-electron chi connectivity index (χ0n) is 14.5. The van der Waals surface area contributed by atoms with Gasteiger partial charge in [0.2, 0.25) is 0 Å². The van der Waals surface area contributed by atoms with Gasteiger partial charge in [0, 0.05) is 17.0 Å². The number of anilines is 1. The van der Waals surface area contributed by atoms with Crippen LogP contribution < -0.4 is 4.72 Å². The minimum Gasteiger partial charge on any atom is -0.279 e. The quantitative estimate of drug-likeness (QED) is 0.532. The Morgan fingerprint density at radius 2 is 1.65 bits per heavy atom. The van der Waals surface area contributed by atoms with Crippen LogP contribution >= 0.6 is 0 Å². The highest BCUT2D eigenvalue weighted by Gasteiger charge is 2.17. The van der Waals surface area contributed by atoms with E-state index in [0.717, 1.165) is 32.8 Å². The van der Waals surface area contributed by atoms with Crippen LogP contribution in [0.15, 0.2) is 71.8 Å². The van der Waals surface area contributed by atoms with Gasteiger partial charge in [0.1, 0.15) is 0 Å². The predicted molar refractivity (Wildman–Crippen MR) is 106 cm³/mol. The Morgan fingerprint density at radius 1 is 0.846 bits per heavy atom. The van der Waals surface area contributed by atoms with E-state index in [1.165, 1.54) is 0 Å². The molecule has 0 radical (unpaired) electrons. The summed E-state index contributed by atoms with van der Waals surface area (Å²) in [5, 5.41) is 2.84. The van der Waals surface area contributed by atoms with Crippen LogP contribution in [-0.2, 0) is 10.0 Å². The second-order valence-electron chi connectivity index (χ2n) is 6.39. The lowest BCUT2D eigenvalue weighted by atomic mass is 10.1. The second kappa shape index (κ2) is 6.11. The molecule has 0 spiro atoms. The maximum Gasteiger partial charge on any atom is 0.261 e. The van der Waals surface area contributed by atoms with Crippen LogP contribution in [0.1, 0.15) is 11.1 Å². The van der Waals surface area contributed by atoms with E-state index in [2.05, 4.69) is 9.71 Å². The fraction of sp³-hybridized carbons (Fsp3) is 0.0952. The highest BCUT2D eigenvalue weighted by atomic mass is 32.2. The molecule has 130 valence electrons. The van der Waals surface area contributed by atoms with E-state index in [0.29, 0.717) is 5.69 Å². The number of rotatable bonds is 3. The molecule has 1 N–H and O–H groups in total. The van der Waals surface area contributed by atoms with Crippen molar-refractivity contribution in [1.82, 2.24) is 4.98 Å². The Morgan fingerprint density at radius 3 is 2.46 bits per heavy atom. The Bertz CT molecular complexity index is 1250. The number of hydrogen-bond acceptors (Lipinski definition) is 3. The summed E-state index contributed by atoms with van der Waals surface area (Å²) in [6, 6.07) is 18.7. The summed E-state index contributed by atoms with van der Waals surface area (Å²) in [7, 11) is -3.68. The number of nitrogens with one attached hydrogen (secondary N) is 1. The van der Waals surface area contributed by atoms with Gasteiger partial charge in [-0.1, -0.05) is 42.5 Å². The lowest BCUT2D eigenvalue weighted by molar-refractivity contribution is 0.601. The van der Waals surface area contributed by atoms with Crippen molar-refractivity contribution < 1.29 is 8.42 Å². The van der Waals surface area contributed by atoms with Crippen LogP contribution in [0.25, 0.3) is 21.7 Å². The number of pyridine rings is 1. The first-order chi connectivity index (χ1) is 12.5. The van der Waals surface area contributed by atoms with Crippen molar-refractivity contribution in [1.29, 1.82) is 0 Å². The molecule has 0 aliphatic heterocycles. The van der Waals surface area contributed by atoms with E-state index in [-0.39, 0.29) is 4.90 Å². The van der Waals surface area contributed by atoms with Crippen molar-refractivity contribution in [2.24, 2.45) is 0 Å². The largest absolute Gasteiger partial charge is 0.279 e. The Labute approximate surface area is 152 Å². The van der Waals surface area contributed by atoms with Crippen molar-refractivity contribution in [3.63, 3.8) is 0 Å². The molecule has 0 aliphatic carbocycles. The van der Waals surface area contributed by atoms with Crippen molar-refractivity contribution in [2.75, 3.05) is 4.72 Å². The summed E-state index contributed by atoms with van der Waals surface area (Å²) in [4.78, 5) is 4.72. The van der Waals surface area contributed by atoms with Gasteiger partial charge in [-0.25, -0.2) is 8.42 Å². The van der Waals surface area contributed by atoms with E-state index < -0.39 is 10.0 Å². The van der Waals surface area contributed by atoms with Gasteiger partial charge in [-0.3, -0.25) is 9.71 Å². The SMILES string of the molecule is Cc1ccc(S(=O)(=O)Nc2ccnc3c2ccc2ccccc23)cc1C. The van der Waals surface area contributed by atoms with Crippen LogP contribution in [0, 0.1) is 13.8 Å². The highest BCUT2D eigenvalue weighted by Crippen LogP contribution is 2.30. The van der Waals surface area contributed by atoms with Crippen LogP contribution in [0.4, 0.5) is 5.69 Å². The molecule has 0 fully saturated rings. The molecule has 3 aromatic carbocycles. The van der Waals surface area contributed by atoms with Crippen LogP contribution in [0.5, 0.6) is 0 Å². The average Bonchev–Trinajstić information content (AvgIpc) is 2.63. The number of sulfonamides is 1. The van der Waals surface area contributed by atoms with E-state index in [1.807, 2.05) is 56.3 Å². The van der Waals surface area contributed by atoms with Crippen molar-refractivity contribution >= 4 is 37.4 Å². The van der Waals surface area contributed by atoms with Crippen molar-refractivity contribution in [3.05, 3.63) is 78.0 Å². The van der Waals surface area contributed by atoms with Crippen molar-refractivity contribution in [3.8, 4) is 0 Å². The maximum absolute atomic E-state index is 12.8. The predicted octanol–water partition coefficient (Wildman–Crippen LogP) is 4.81. The van der Waals surface area contributed by atoms with Gasteiger partial charge in [-0.2, -0.15) is 0 Å². The smallest absolute Gasteiger partial charge is 0.261 e. The molecule has 0 atom stereocenters. The molecule has 0 aliphatic rings. The molecule has 0 amide bonds. The number of aryl methyl sites for hydroxylation is 2. The first kappa shape index (κ1) is 16.5. The van der Waals surface area contributed by atoms with Crippen LogP contribution in [0.2, 0.25) is 0 Å².